The molecule has 0 saturated heterocycles. The molecule has 2 atom stereocenters. The van der Waals surface area contributed by atoms with Gasteiger partial charge >= 0.3 is 6.09 Å². The first kappa shape index (κ1) is 26.8. The number of anilines is 2. The van der Waals surface area contributed by atoms with Crippen molar-refractivity contribution in [3.05, 3.63) is 40.8 Å². The van der Waals surface area contributed by atoms with Crippen LogP contribution in [0.2, 0.25) is 0 Å². The fourth-order valence-electron chi connectivity index (χ4n) is 4.39. The van der Waals surface area contributed by atoms with Crippen molar-refractivity contribution in [2.24, 2.45) is 0 Å². The van der Waals surface area contributed by atoms with E-state index in [2.05, 4.69) is 30.9 Å². The molecule has 3 aromatic heterocycles. The summed E-state index contributed by atoms with van der Waals surface area (Å²) in [5.41, 5.74) is 0.919. The average Bonchev–Trinajstić information content (AvgIpc) is 2.93. The molecule has 0 bridgehead atoms. The Morgan fingerprint density at radius 3 is 2.87 bits per heavy atom. The highest BCUT2D eigenvalue weighted by Gasteiger charge is 2.25. The molecule has 1 aliphatic carbocycles. The van der Waals surface area contributed by atoms with E-state index >= 15 is 0 Å². The SMILES string of the molecule is CNc1nc(NC(=O)OC2CCCC(NCCn3c(=O)ccc4ncc(OC)nc43)C2)ccc1OCC=O. The molecule has 0 spiro atoms. The summed E-state index contributed by atoms with van der Waals surface area (Å²) in [5, 5.41) is 8.98. The van der Waals surface area contributed by atoms with Crippen molar-refractivity contribution in [3.8, 4) is 11.6 Å². The summed E-state index contributed by atoms with van der Waals surface area (Å²) in [7, 11) is 3.16. The van der Waals surface area contributed by atoms with Gasteiger partial charge in [-0.3, -0.25) is 19.5 Å². The monoisotopic (exact) mass is 525 g/mol. The lowest BCUT2D eigenvalue weighted by atomic mass is 9.93. The molecule has 13 heteroatoms. The summed E-state index contributed by atoms with van der Waals surface area (Å²) in [4.78, 5) is 48.5. The van der Waals surface area contributed by atoms with Gasteiger partial charge in [0.1, 0.15) is 24.0 Å². The van der Waals surface area contributed by atoms with E-state index in [9.17, 15) is 14.4 Å². The molecule has 1 aliphatic rings. The first-order valence-corrected chi connectivity index (χ1v) is 12.4. The van der Waals surface area contributed by atoms with Crippen molar-refractivity contribution in [1.82, 2.24) is 24.8 Å². The lowest BCUT2D eigenvalue weighted by molar-refractivity contribution is -0.109. The number of carbonyl (C=O) groups excluding carboxylic acids is 2. The van der Waals surface area contributed by atoms with Crippen LogP contribution in [-0.2, 0) is 16.1 Å². The number of amides is 1. The minimum atomic E-state index is -0.596. The van der Waals surface area contributed by atoms with Crippen LogP contribution in [0.25, 0.3) is 11.2 Å². The topological polar surface area (TPSA) is 159 Å². The van der Waals surface area contributed by atoms with Gasteiger partial charge in [-0.2, -0.15) is 4.98 Å². The van der Waals surface area contributed by atoms with Crippen molar-refractivity contribution in [2.45, 2.75) is 44.4 Å². The van der Waals surface area contributed by atoms with Crippen LogP contribution < -0.4 is 31.0 Å². The van der Waals surface area contributed by atoms with Gasteiger partial charge in [0.25, 0.3) is 5.56 Å². The number of nitrogens with one attached hydrogen (secondary N) is 3. The molecule has 4 rings (SSSR count). The Hall–Kier alpha value is -4.26. The van der Waals surface area contributed by atoms with E-state index < -0.39 is 6.09 Å². The Morgan fingerprint density at radius 2 is 2.08 bits per heavy atom. The molecular formula is C25H31N7O6. The molecule has 0 aliphatic heterocycles. The second kappa shape index (κ2) is 12.8. The van der Waals surface area contributed by atoms with Gasteiger partial charge in [-0.05, 0) is 43.9 Å². The Kier molecular flexibility index (Phi) is 9.03. The number of pyridine rings is 2. The number of aromatic nitrogens is 4. The van der Waals surface area contributed by atoms with Gasteiger partial charge in [0.15, 0.2) is 23.5 Å². The Morgan fingerprint density at radius 1 is 1.21 bits per heavy atom. The summed E-state index contributed by atoms with van der Waals surface area (Å²) in [6.07, 6.45) is 4.56. The van der Waals surface area contributed by atoms with E-state index in [4.69, 9.17) is 14.2 Å². The minimum absolute atomic E-state index is 0.0937. The predicted octanol–water partition coefficient (Wildman–Crippen LogP) is 1.96. The zero-order valence-electron chi connectivity index (χ0n) is 21.3. The highest BCUT2D eigenvalue weighted by molar-refractivity contribution is 5.84. The quantitative estimate of drug-likeness (QED) is 0.314. The number of aldehydes is 1. The second-order valence-electron chi connectivity index (χ2n) is 8.69. The molecule has 3 N–H and O–H groups in total. The smallest absolute Gasteiger partial charge is 0.413 e. The normalized spacial score (nSPS) is 17.0. The molecule has 1 saturated carbocycles. The van der Waals surface area contributed by atoms with Gasteiger partial charge in [0, 0.05) is 32.2 Å². The molecule has 0 aromatic carbocycles. The highest BCUT2D eigenvalue weighted by atomic mass is 16.6. The van der Waals surface area contributed by atoms with E-state index in [0.717, 1.165) is 19.3 Å². The molecule has 3 aromatic rings. The maximum Gasteiger partial charge on any atom is 0.413 e. The molecular weight excluding hydrogens is 494 g/mol. The second-order valence-corrected chi connectivity index (χ2v) is 8.69. The first-order valence-electron chi connectivity index (χ1n) is 12.4. The van der Waals surface area contributed by atoms with E-state index in [1.807, 2.05) is 0 Å². The fraction of sp³-hybridized carbons (Fsp3) is 0.440. The van der Waals surface area contributed by atoms with E-state index in [0.29, 0.717) is 60.2 Å². The van der Waals surface area contributed by atoms with Crippen molar-refractivity contribution in [1.29, 1.82) is 0 Å². The molecule has 38 heavy (non-hydrogen) atoms. The largest absolute Gasteiger partial charge is 0.482 e. The molecule has 0 radical (unpaired) electrons. The van der Waals surface area contributed by atoms with Crippen molar-refractivity contribution in [2.75, 3.05) is 37.9 Å². The third-order valence-corrected chi connectivity index (χ3v) is 6.17. The number of nitrogens with zero attached hydrogens (tertiary/aromatic N) is 4. The van der Waals surface area contributed by atoms with Crippen LogP contribution in [0.15, 0.2) is 35.3 Å². The summed E-state index contributed by atoms with van der Waals surface area (Å²) in [6, 6.07) is 6.44. The number of fused-ring (bicyclic) bond motifs is 1. The molecule has 1 amide bonds. The van der Waals surface area contributed by atoms with E-state index in [1.165, 1.54) is 19.4 Å². The van der Waals surface area contributed by atoms with Crippen LogP contribution >= 0.6 is 0 Å². The molecule has 3 heterocycles. The van der Waals surface area contributed by atoms with Gasteiger partial charge in [-0.15, -0.1) is 0 Å². The standard InChI is InChI=1S/C25H31N7O6/c1-26-23-19(37-13-12-33)7-8-20(29-23)30-25(35)38-17-5-3-4-16(14-17)27-10-11-32-22(34)9-6-18-24(32)31-21(36-2)15-28-18/h6-9,12,15-17,27H,3-5,10-11,13-14H2,1-2H3,(H2,26,29,30,35). The summed E-state index contributed by atoms with van der Waals surface area (Å²) in [6.45, 7) is 0.854. The summed E-state index contributed by atoms with van der Waals surface area (Å²) >= 11 is 0. The molecule has 2 unspecified atom stereocenters. The average molecular weight is 526 g/mol. The summed E-state index contributed by atoms with van der Waals surface area (Å²) in [5.74, 6) is 1.43. The number of methoxy groups -OCH3 is 1. The fourth-order valence-corrected chi connectivity index (χ4v) is 4.39. The minimum Gasteiger partial charge on any atom is -0.482 e. The van der Waals surface area contributed by atoms with Crippen LogP contribution in [-0.4, -0.2) is 71.4 Å². The van der Waals surface area contributed by atoms with E-state index in [1.54, 1.807) is 29.8 Å². The first-order chi connectivity index (χ1) is 18.5. The van der Waals surface area contributed by atoms with Gasteiger partial charge < -0.3 is 24.8 Å². The number of rotatable bonds is 11. The van der Waals surface area contributed by atoms with Crippen molar-refractivity contribution < 1.29 is 23.8 Å². The van der Waals surface area contributed by atoms with Crippen molar-refractivity contribution in [3.63, 3.8) is 0 Å². The maximum atomic E-state index is 12.5. The maximum absolute atomic E-state index is 12.5. The van der Waals surface area contributed by atoms with Crippen LogP contribution in [0.1, 0.15) is 25.7 Å². The van der Waals surface area contributed by atoms with E-state index in [-0.39, 0.29) is 24.3 Å². The van der Waals surface area contributed by atoms with Crippen LogP contribution in [0, 0.1) is 0 Å². The zero-order chi connectivity index (χ0) is 26.9. The highest BCUT2D eigenvalue weighted by Crippen LogP contribution is 2.25. The third kappa shape index (κ3) is 6.73. The van der Waals surface area contributed by atoms with Crippen LogP contribution in [0.4, 0.5) is 16.4 Å². The number of hydrogen-bond donors (Lipinski definition) is 3. The van der Waals surface area contributed by atoms with Gasteiger partial charge in [0.2, 0.25) is 5.88 Å². The van der Waals surface area contributed by atoms with Crippen LogP contribution in [0.5, 0.6) is 11.6 Å². The third-order valence-electron chi connectivity index (χ3n) is 6.17. The number of carbonyl (C=O) groups is 2. The molecule has 1 fully saturated rings. The van der Waals surface area contributed by atoms with Gasteiger partial charge in [-0.1, -0.05) is 0 Å². The molecule has 13 nitrogen and oxygen atoms in total. The Labute approximate surface area is 218 Å². The Bertz CT molecular complexity index is 1330. The number of hydrogen-bond acceptors (Lipinski definition) is 11. The Balaban J connectivity index is 1.29. The van der Waals surface area contributed by atoms with Crippen molar-refractivity contribution >= 4 is 35.2 Å². The van der Waals surface area contributed by atoms with Gasteiger partial charge in [0.05, 0.1) is 13.3 Å². The van der Waals surface area contributed by atoms with Crippen LogP contribution in [0.3, 0.4) is 0 Å². The zero-order valence-corrected chi connectivity index (χ0v) is 21.3. The number of ether oxygens (including phenoxy) is 3. The lowest BCUT2D eigenvalue weighted by Crippen LogP contribution is -2.40. The summed E-state index contributed by atoms with van der Waals surface area (Å²) < 4.78 is 17.7. The van der Waals surface area contributed by atoms with Gasteiger partial charge in [-0.25, -0.2) is 14.8 Å². The predicted molar refractivity (Wildman–Crippen MR) is 140 cm³/mol. The lowest BCUT2D eigenvalue weighted by Gasteiger charge is -2.29. The molecule has 202 valence electrons.